The van der Waals surface area contributed by atoms with Gasteiger partial charge in [-0.15, -0.1) is 0 Å². The van der Waals surface area contributed by atoms with E-state index in [0.717, 1.165) is 29.4 Å². The fourth-order valence-electron chi connectivity index (χ4n) is 7.11. The molecule has 0 unspecified atom stereocenters. The molecule has 0 radical (unpaired) electrons. The first-order valence-electron chi connectivity index (χ1n) is 17.1. The number of aliphatic carboxylic acids is 3. The second kappa shape index (κ2) is 17.7. The van der Waals surface area contributed by atoms with Crippen molar-refractivity contribution in [3.63, 3.8) is 0 Å². The fraction of sp³-hybridized carbons (Fsp3) is 0.368. The highest BCUT2D eigenvalue weighted by Gasteiger charge is 2.52. The number of amides is 2. The molecule has 1 aliphatic carbocycles. The van der Waals surface area contributed by atoms with Gasteiger partial charge >= 0.3 is 30.0 Å². The number of nitrogens with one attached hydrogen (secondary N) is 2. The van der Waals surface area contributed by atoms with Gasteiger partial charge in [-0.3, -0.25) is 19.2 Å². The normalized spacial score (nSPS) is 20.1. The molecule has 54 heavy (non-hydrogen) atoms. The topological polar surface area (TPSA) is 244 Å². The zero-order valence-corrected chi connectivity index (χ0v) is 29.1. The molecule has 286 valence electrons. The Morgan fingerprint density at radius 3 is 1.96 bits per heavy atom. The molecule has 3 aromatic rings. The van der Waals surface area contributed by atoms with E-state index in [1.165, 1.54) is 18.2 Å². The summed E-state index contributed by atoms with van der Waals surface area (Å²) in [6.07, 6.45) is -6.36. The molecule has 0 aromatic heterocycles. The van der Waals surface area contributed by atoms with Gasteiger partial charge in [0.1, 0.15) is 12.4 Å². The number of ether oxygens (including phenoxy) is 4. The summed E-state index contributed by atoms with van der Waals surface area (Å²) in [5.41, 5.74) is 4.58. The van der Waals surface area contributed by atoms with Crippen molar-refractivity contribution in [2.24, 2.45) is 17.8 Å². The lowest BCUT2D eigenvalue weighted by Gasteiger charge is -2.44. The predicted octanol–water partition coefficient (Wildman–Crippen LogP) is 3.60. The number of benzene rings is 3. The first kappa shape index (κ1) is 39.2. The largest absolute Gasteiger partial charge is 0.481 e. The molecule has 1 heterocycles. The number of esters is 1. The number of aliphatic hydroxyl groups excluding tert-OH is 1. The molecule has 0 bridgehead atoms. The van der Waals surface area contributed by atoms with Crippen LogP contribution in [0.25, 0.3) is 11.1 Å². The lowest BCUT2D eigenvalue weighted by Crippen LogP contribution is -2.54. The second-order valence-corrected chi connectivity index (χ2v) is 12.9. The van der Waals surface area contributed by atoms with Crippen LogP contribution in [-0.2, 0) is 44.8 Å². The van der Waals surface area contributed by atoms with Crippen LogP contribution in [0.3, 0.4) is 0 Å². The number of carbonyl (C=O) groups excluding carboxylic acids is 3. The third kappa shape index (κ3) is 9.31. The molecule has 0 spiro atoms. The Kier molecular flexibility index (Phi) is 12.8. The molecule has 1 fully saturated rings. The number of carbonyl (C=O) groups is 6. The van der Waals surface area contributed by atoms with E-state index >= 15 is 0 Å². The first-order chi connectivity index (χ1) is 25.9. The Labute approximate surface area is 309 Å². The number of rotatable bonds is 16. The SMILES string of the molecule is COC(=O)[C@H]1O[C@@H](Oc2ccc(CO)cc2NC(=O)CCNC(=O)OCC2c3ccccc3-c3ccccc32)[C@H](CC(=O)O)[C@@H](CC(=O)O)[C@@H]1CC(=O)O. The number of anilines is 1. The Balaban J connectivity index is 1.26. The standard InChI is InChI=1S/C38H40N2O14/c1-51-36(49)35-26(16-33(45)46)25(15-32(43)44)27(17-34(47)48)37(54-35)53-30-11-10-20(18-41)14-29(30)40-31(42)12-13-39-38(50)52-19-28-23-8-4-2-6-21(23)22-7-3-5-9-24(22)28/h2-11,14,25-28,35,37,41H,12-13,15-19H2,1H3,(H,39,50)(H,40,42)(H,43,44)(H,45,46)(H,47,48)/t25-,26-,27+,35-,37+/m0/s1. The van der Waals surface area contributed by atoms with Crippen molar-refractivity contribution in [1.29, 1.82) is 0 Å². The van der Waals surface area contributed by atoms with Gasteiger partial charge in [-0.25, -0.2) is 9.59 Å². The number of carboxylic acid groups (broad SMARTS) is 3. The van der Waals surface area contributed by atoms with Crippen LogP contribution in [0.2, 0.25) is 0 Å². The number of methoxy groups -OCH3 is 1. The van der Waals surface area contributed by atoms with Crippen molar-refractivity contribution in [2.75, 3.05) is 25.6 Å². The van der Waals surface area contributed by atoms with Gasteiger partial charge in [0.25, 0.3) is 0 Å². The molecule has 16 nitrogen and oxygen atoms in total. The maximum absolute atomic E-state index is 13.1. The maximum Gasteiger partial charge on any atom is 0.407 e. The molecule has 5 rings (SSSR count). The van der Waals surface area contributed by atoms with Crippen molar-refractivity contribution >= 4 is 41.6 Å². The lowest BCUT2D eigenvalue weighted by molar-refractivity contribution is -0.233. The van der Waals surface area contributed by atoms with Gasteiger partial charge in [0.05, 0.1) is 32.2 Å². The number of aliphatic hydroxyl groups is 1. The Hall–Kier alpha value is -6.00. The molecule has 6 N–H and O–H groups in total. The summed E-state index contributed by atoms with van der Waals surface area (Å²) in [5.74, 6) is -9.77. The Morgan fingerprint density at radius 1 is 0.778 bits per heavy atom. The van der Waals surface area contributed by atoms with Gasteiger partial charge < -0.3 is 50.0 Å². The molecular formula is C38H40N2O14. The van der Waals surface area contributed by atoms with Crippen molar-refractivity contribution in [3.8, 4) is 16.9 Å². The Bertz CT molecular complexity index is 1850. The van der Waals surface area contributed by atoms with E-state index < -0.39 is 91.9 Å². The lowest BCUT2D eigenvalue weighted by atomic mass is 9.71. The van der Waals surface area contributed by atoms with Crippen LogP contribution in [0.5, 0.6) is 5.75 Å². The van der Waals surface area contributed by atoms with Gasteiger partial charge in [0.15, 0.2) is 6.10 Å². The van der Waals surface area contributed by atoms with E-state index in [2.05, 4.69) is 10.6 Å². The predicted molar refractivity (Wildman–Crippen MR) is 187 cm³/mol. The minimum Gasteiger partial charge on any atom is -0.481 e. The van der Waals surface area contributed by atoms with E-state index in [-0.39, 0.29) is 36.9 Å². The van der Waals surface area contributed by atoms with Crippen LogP contribution in [-0.4, -0.2) is 89.0 Å². The highest BCUT2D eigenvalue weighted by molar-refractivity contribution is 5.92. The van der Waals surface area contributed by atoms with Crippen LogP contribution in [0, 0.1) is 17.8 Å². The molecule has 2 aliphatic rings. The third-order valence-electron chi connectivity index (χ3n) is 9.49. The van der Waals surface area contributed by atoms with E-state index in [1.54, 1.807) is 0 Å². The second-order valence-electron chi connectivity index (χ2n) is 12.9. The molecule has 1 aliphatic heterocycles. The number of hydrogen-bond donors (Lipinski definition) is 6. The van der Waals surface area contributed by atoms with E-state index in [0.29, 0.717) is 5.56 Å². The first-order valence-corrected chi connectivity index (χ1v) is 17.1. The fourth-order valence-corrected chi connectivity index (χ4v) is 7.11. The zero-order chi connectivity index (χ0) is 38.9. The summed E-state index contributed by atoms with van der Waals surface area (Å²) in [4.78, 5) is 74.1. The monoisotopic (exact) mass is 748 g/mol. The number of carboxylic acids is 3. The summed E-state index contributed by atoms with van der Waals surface area (Å²) < 4.78 is 22.2. The van der Waals surface area contributed by atoms with Crippen LogP contribution in [0.15, 0.2) is 66.7 Å². The zero-order valence-electron chi connectivity index (χ0n) is 29.1. The van der Waals surface area contributed by atoms with Crippen molar-refractivity contribution in [3.05, 3.63) is 83.4 Å². The summed E-state index contributed by atoms with van der Waals surface area (Å²) in [5, 5.41) is 43.9. The summed E-state index contributed by atoms with van der Waals surface area (Å²) in [6.45, 7) is -0.475. The Morgan fingerprint density at radius 2 is 1.37 bits per heavy atom. The average Bonchev–Trinajstić information content (AvgIpc) is 3.46. The minimum atomic E-state index is -1.63. The highest BCUT2D eigenvalue weighted by Crippen LogP contribution is 2.45. The number of fused-ring (bicyclic) bond motifs is 3. The number of alkyl carbamates (subject to hydrolysis) is 1. The van der Waals surface area contributed by atoms with Crippen LogP contribution < -0.4 is 15.4 Å². The molecule has 5 atom stereocenters. The van der Waals surface area contributed by atoms with Gasteiger partial charge in [0, 0.05) is 37.1 Å². The van der Waals surface area contributed by atoms with Gasteiger partial charge in [0.2, 0.25) is 12.2 Å². The number of hydrogen-bond acceptors (Lipinski definition) is 11. The molecular weight excluding hydrogens is 708 g/mol. The highest BCUT2D eigenvalue weighted by atomic mass is 16.7. The minimum absolute atomic E-state index is 0.00225. The molecule has 16 heteroatoms. The van der Waals surface area contributed by atoms with Crippen LogP contribution in [0.4, 0.5) is 10.5 Å². The molecule has 2 amide bonds. The van der Waals surface area contributed by atoms with Gasteiger partial charge in [-0.05, 0) is 45.9 Å². The van der Waals surface area contributed by atoms with E-state index in [9.17, 15) is 49.2 Å². The average molecular weight is 749 g/mol. The molecule has 1 saturated heterocycles. The van der Waals surface area contributed by atoms with E-state index in [1.807, 2.05) is 48.5 Å². The van der Waals surface area contributed by atoms with Gasteiger partial charge in [-0.2, -0.15) is 0 Å². The summed E-state index contributed by atoms with van der Waals surface area (Å²) >= 11 is 0. The third-order valence-corrected chi connectivity index (χ3v) is 9.49. The van der Waals surface area contributed by atoms with E-state index in [4.69, 9.17) is 18.9 Å². The van der Waals surface area contributed by atoms with Crippen molar-refractivity contribution in [2.45, 2.75) is 50.6 Å². The smallest absolute Gasteiger partial charge is 0.407 e. The summed E-state index contributed by atoms with van der Waals surface area (Å²) in [6, 6.07) is 19.9. The maximum atomic E-state index is 13.1. The van der Waals surface area contributed by atoms with Crippen LogP contribution in [0.1, 0.15) is 48.3 Å². The van der Waals surface area contributed by atoms with Crippen molar-refractivity contribution < 1.29 is 68.1 Å². The van der Waals surface area contributed by atoms with Crippen molar-refractivity contribution in [1.82, 2.24) is 5.32 Å². The van der Waals surface area contributed by atoms with Crippen LogP contribution >= 0.6 is 0 Å². The van der Waals surface area contributed by atoms with Gasteiger partial charge in [-0.1, -0.05) is 54.6 Å². The molecule has 0 saturated carbocycles. The molecule has 3 aromatic carbocycles. The summed E-state index contributed by atoms with van der Waals surface area (Å²) in [7, 11) is 1.03. The quantitative estimate of drug-likeness (QED) is 0.115.